The maximum atomic E-state index is 12.1. The minimum absolute atomic E-state index is 0.0883. The molecule has 0 bridgehead atoms. The van der Waals surface area contributed by atoms with E-state index in [-0.39, 0.29) is 18.1 Å². The van der Waals surface area contributed by atoms with Crippen LogP contribution in [0.2, 0.25) is 0 Å². The lowest BCUT2D eigenvalue weighted by Gasteiger charge is -2.06. The van der Waals surface area contributed by atoms with Crippen LogP contribution in [0, 0.1) is 6.92 Å². The highest BCUT2D eigenvalue weighted by Crippen LogP contribution is 2.14. The number of thiazole rings is 1. The van der Waals surface area contributed by atoms with Crippen LogP contribution in [0.25, 0.3) is 4.96 Å². The zero-order valence-electron chi connectivity index (χ0n) is 13.6. The van der Waals surface area contributed by atoms with Gasteiger partial charge in [-0.05, 0) is 31.2 Å². The molecule has 0 radical (unpaired) electrons. The summed E-state index contributed by atoms with van der Waals surface area (Å²) >= 11 is 1.39. The quantitative estimate of drug-likeness (QED) is 0.724. The molecule has 3 rings (SSSR count). The lowest BCUT2D eigenvalue weighted by atomic mass is 10.2. The van der Waals surface area contributed by atoms with Gasteiger partial charge in [0.25, 0.3) is 5.56 Å². The molecular formula is C17H15N3O4S. The third-order valence-electron chi connectivity index (χ3n) is 3.33. The second-order valence-electron chi connectivity index (χ2n) is 5.41. The summed E-state index contributed by atoms with van der Waals surface area (Å²) in [5.74, 6) is -0.717. The Morgan fingerprint density at radius 2 is 2.00 bits per heavy atom. The van der Waals surface area contributed by atoms with Gasteiger partial charge in [-0.25, -0.2) is 9.78 Å². The summed E-state index contributed by atoms with van der Waals surface area (Å²) in [5.41, 5.74) is 1.13. The number of aromatic nitrogens is 2. The number of ether oxygens (including phenoxy) is 1. The molecule has 1 N–H and O–H groups in total. The van der Waals surface area contributed by atoms with Crippen LogP contribution in [0.3, 0.4) is 0 Å². The summed E-state index contributed by atoms with van der Waals surface area (Å²) in [6.07, 6.45) is 1.72. The largest absolute Gasteiger partial charge is 0.456 e. The maximum absolute atomic E-state index is 12.1. The molecule has 7 nitrogen and oxygen atoms in total. The van der Waals surface area contributed by atoms with Gasteiger partial charge in [0, 0.05) is 29.8 Å². The number of nitrogens with zero attached hydrogens (tertiary/aromatic N) is 2. The van der Waals surface area contributed by atoms with Crippen molar-refractivity contribution in [3.63, 3.8) is 0 Å². The van der Waals surface area contributed by atoms with Crippen molar-refractivity contribution < 1.29 is 14.3 Å². The SMILES string of the molecule is CC(=O)Nc1ccc(C(=O)OCc2cc(=O)n3cc(C)sc3n2)cc1. The van der Waals surface area contributed by atoms with Gasteiger partial charge < -0.3 is 10.1 Å². The first-order valence-corrected chi connectivity index (χ1v) is 8.27. The number of benzene rings is 1. The van der Waals surface area contributed by atoms with Crippen molar-refractivity contribution in [2.24, 2.45) is 0 Å². The van der Waals surface area contributed by atoms with Gasteiger partial charge in [0.05, 0.1) is 11.3 Å². The fourth-order valence-corrected chi connectivity index (χ4v) is 3.10. The second-order valence-corrected chi connectivity index (χ2v) is 6.63. The first-order chi connectivity index (χ1) is 11.9. The monoisotopic (exact) mass is 357 g/mol. The minimum atomic E-state index is -0.529. The van der Waals surface area contributed by atoms with E-state index >= 15 is 0 Å². The number of carbonyl (C=O) groups is 2. The van der Waals surface area contributed by atoms with Gasteiger partial charge in [-0.3, -0.25) is 14.0 Å². The molecule has 2 aromatic heterocycles. The molecule has 0 atom stereocenters. The van der Waals surface area contributed by atoms with Crippen LogP contribution in [0.1, 0.15) is 27.9 Å². The first kappa shape index (κ1) is 16.8. The van der Waals surface area contributed by atoms with Crippen molar-refractivity contribution in [3.05, 3.63) is 63.0 Å². The van der Waals surface area contributed by atoms with Crippen molar-refractivity contribution in [1.82, 2.24) is 9.38 Å². The van der Waals surface area contributed by atoms with Crippen molar-refractivity contribution in [1.29, 1.82) is 0 Å². The molecule has 0 unspecified atom stereocenters. The fourth-order valence-electron chi connectivity index (χ4n) is 2.25. The number of nitrogens with one attached hydrogen (secondary N) is 1. The number of hydrogen-bond donors (Lipinski definition) is 1. The molecule has 0 aliphatic carbocycles. The van der Waals surface area contributed by atoms with Crippen molar-refractivity contribution in [2.45, 2.75) is 20.5 Å². The average Bonchev–Trinajstić information content (AvgIpc) is 2.94. The Bertz CT molecular complexity index is 1000. The maximum Gasteiger partial charge on any atom is 0.338 e. The van der Waals surface area contributed by atoms with Crippen LogP contribution in [-0.4, -0.2) is 21.3 Å². The van der Waals surface area contributed by atoms with Gasteiger partial charge in [-0.2, -0.15) is 0 Å². The lowest BCUT2D eigenvalue weighted by molar-refractivity contribution is -0.114. The van der Waals surface area contributed by atoms with Crippen molar-refractivity contribution in [3.8, 4) is 0 Å². The van der Waals surface area contributed by atoms with Gasteiger partial charge in [-0.15, -0.1) is 11.3 Å². The van der Waals surface area contributed by atoms with Crippen LogP contribution in [0.15, 0.2) is 41.3 Å². The Morgan fingerprint density at radius 1 is 1.28 bits per heavy atom. The smallest absolute Gasteiger partial charge is 0.338 e. The van der Waals surface area contributed by atoms with Crippen molar-refractivity contribution >= 4 is 33.9 Å². The van der Waals surface area contributed by atoms with Gasteiger partial charge in [0.2, 0.25) is 5.91 Å². The second kappa shape index (κ2) is 6.86. The highest BCUT2D eigenvalue weighted by molar-refractivity contribution is 7.16. The van der Waals surface area contributed by atoms with E-state index in [0.717, 1.165) is 4.88 Å². The summed E-state index contributed by atoms with van der Waals surface area (Å²) < 4.78 is 6.68. The van der Waals surface area contributed by atoms with Crippen LogP contribution in [-0.2, 0) is 16.1 Å². The van der Waals surface area contributed by atoms with Gasteiger partial charge in [0.1, 0.15) is 6.61 Å². The summed E-state index contributed by atoms with van der Waals surface area (Å²) in [4.78, 5) is 40.9. The van der Waals surface area contributed by atoms with E-state index in [2.05, 4.69) is 10.3 Å². The number of amides is 1. The van der Waals surface area contributed by atoms with E-state index in [1.807, 2.05) is 6.92 Å². The number of anilines is 1. The third kappa shape index (κ3) is 3.92. The molecule has 1 aromatic carbocycles. The molecule has 1 amide bonds. The molecule has 0 saturated carbocycles. The zero-order chi connectivity index (χ0) is 18.0. The Hall–Kier alpha value is -3.00. The third-order valence-corrected chi connectivity index (χ3v) is 4.23. The molecule has 0 spiro atoms. The Labute approximate surface area is 146 Å². The number of hydrogen-bond acceptors (Lipinski definition) is 6. The molecule has 2 heterocycles. The number of rotatable bonds is 4. The summed E-state index contributed by atoms with van der Waals surface area (Å²) in [6.45, 7) is 3.21. The minimum Gasteiger partial charge on any atom is -0.456 e. The highest BCUT2D eigenvalue weighted by atomic mass is 32.1. The summed E-state index contributed by atoms with van der Waals surface area (Å²) in [5, 5.41) is 2.62. The molecule has 0 saturated heterocycles. The van der Waals surface area contributed by atoms with Crippen LogP contribution >= 0.6 is 11.3 Å². The first-order valence-electron chi connectivity index (χ1n) is 7.46. The van der Waals surface area contributed by atoms with Crippen LogP contribution < -0.4 is 10.9 Å². The van der Waals surface area contributed by atoms with Crippen molar-refractivity contribution in [2.75, 3.05) is 5.32 Å². The van der Waals surface area contributed by atoms with E-state index in [9.17, 15) is 14.4 Å². The molecule has 3 aromatic rings. The molecule has 0 fully saturated rings. The van der Waals surface area contributed by atoms with E-state index in [1.165, 1.54) is 28.7 Å². The fraction of sp³-hybridized carbons (Fsp3) is 0.176. The summed E-state index contributed by atoms with van der Waals surface area (Å²) in [6, 6.07) is 7.70. The number of esters is 1. The average molecular weight is 357 g/mol. The number of carbonyl (C=O) groups excluding carboxylic acids is 2. The Balaban J connectivity index is 1.69. The van der Waals surface area contributed by atoms with Crippen LogP contribution in [0.4, 0.5) is 5.69 Å². The van der Waals surface area contributed by atoms with E-state index in [4.69, 9.17) is 4.74 Å². The van der Waals surface area contributed by atoms with E-state index in [1.54, 1.807) is 30.5 Å². The number of fused-ring (bicyclic) bond motifs is 1. The molecule has 25 heavy (non-hydrogen) atoms. The zero-order valence-corrected chi connectivity index (χ0v) is 14.4. The standard InChI is InChI=1S/C17H15N3O4S/c1-10-8-20-15(22)7-14(19-17(20)25-10)9-24-16(23)12-3-5-13(6-4-12)18-11(2)21/h3-8H,9H2,1-2H3,(H,18,21). The van der Waals surface area contributed by atoms with E-state index < -0.39 is 5.97 Å². The molecular weight excluding hydrogens is 342 g/mol. The predicted molar refractivity (Wildman–Crippen MR) is 93.9 cm³/mol. The molecule has 0 aliphatic heterocycles. The topological polar surface area (TPSA) is 89.8 Å². The Morgan fingerprint density at radius 3 is 2.68 bits per heavy atom. The highest BCUT2D eigenvalue weighted by Gasteiger charge is 2.10. The van der Waals surface area contributed by atoms with E-state index in [0.29, 0.717) is 21.9 Å². The molecule has 128 valence electrons. The van der Waals surface area contributed by atoms with Crippen LogP contribution in [0.5, 0.6) is 0 Å². The normalized spacial score (nSPS) is 10.6. The number of aryl methyl sites for hydroxylation is 1. The van der Waals surface area contributed by atoms with Gasteiger partial charge >= 0.3 is 5.97 Å². The predicted octanol–water partition coefficient (Wildman–Crippen LogP) is 2.38. The lowest BCUT2D eigenvalue weighted by Crippen LogP contribution is -2.14. The Kier molecular flexibility index (Phi) is 4.62. The van der Waals surface area contributed by atoms with Gasteiger partial charge in [0.15, 0.2) is 4.96 Å². The molecule has 8 heteroatoms. The van der Waals surface area contributed by atoms with Gasteiger partial charge in [-0.1, -0.05) is 0 Å². The molecule has 0 aliphatic rings. The summed E-state index contributed by atoms with van der Waals surface area (Å²) in [7, 11) is 0.